The Morgan fingerprint density at radius 1 is 0.354 bits per heavy atom. The van der Waals surface area contributed by atoms with E-state index in [1.165, 1.54) is 29.9 Å². The highest BCUT2D eigenvalue weighted by molar-refractivity contribution is 5.86. The number of nitrogens with two attached hydrogens (primary N) is 2. The van der Waals surface area contributed by atoms with Crippen molar-refractivity contribution in [2.75, 3.05) is 69.6 Å². The maximum absolute atomic E-state index is 15.5. The van der Waals surface area contributed by atoms with Crippen molar-refractivity contribution in [3.63, 3.8) is 0 Å². The van der Waals surface area contributed by atoms with Crippen molar-refractivity contribution in [2.24, 2.45) is 17.8 Å². The third-order valence-electron chi connectivity index (χ3n) is 29.1. The molecule has 0 spiro atoms. The molecule has 0 radical (unpaired) electrons. The van der Waals surface area contributed by atoms with E-state index in [0.717, 1.165) is 74.4 Å². The number of rotatable bonds is 33. The number of nitrogens with zero attached hydrogens (tertiary/aromatic N) is 16. The lowest BCUT2D eigenvalue weighted by atomic mass is 9.77. The van der Waals surface area contributed by atoms with Crippen LogP contribution in [0.2, 0.25) is 0 Å². The van der Waals surface area contributed by atoms with Gasteiger partial charge in [0.05, 0.1) is 90.9 Å². The first kappa shape index (κ1) is 102. The van der Waals surface area contributed by atoms with Crippen molar-refractivity contribution in [3.8, 4) is 11.5 Å². The fraction of sp³-hybridized carbons (Fsp3) is 0.333. The summed E-state index contributed by atoms with van der Waals surface area (Å²) in [6.45, 7) is 9.58. The van der Waals surface area contributed by atoms with E-state index < -0.39 is 97.2 Å². The number of methoxy groups -OCH3 is 2. The number of fused-ring (bicyclic) bond motifs is 4. The Morgan fingerprint density at radius 3 is 0.939 bits per heavy atom. The Balaban J connectivity index is 0.000000135. The molecule has 33 nitrogen and oxygen atoms in total. The van der Waals surface area contributed by atoms with E-state index in [1.54, 1.807) is 48.7 Å². The van der Waals surface area contributed by atoms with Crippen LogP contribution < -0.4 is 31.6 Å². The minimum atomic E-state index is -2.22. The molecule has 4 aliphatic rings. The highest BCUT2D eigenvalue weighted by Crippen LogP contribution is 2.54. The number of anilines is 4. The number of nitrogens with one attached hydrogen (secondary N) is 2. The summed E-state index contributed by atoms with van der Waals surface area (Å²) in [5, 5.41) is 48.1. The van der Waals surface area contributed by atoms with Gasteiger partial charge in [-0.1, -0.05) is 278 Å². The van der Waals surface area contributed by atoms with Crippen LogP contribution in [0.1, 0.15) is 136 Å². The van der Waals surface area contributed by atoms with Crippen LogP contribution in [0.3, 0.4) is 0 Å². The van der Waals surface area contributed by atoms with Crippen molar-refractivity contribution >= 4 is 67.9 Å². The van der Waals surface area contributed by atoms with Crippen LogP contribution in [-0.2, 0) is 64.1 Å². The molecule has 0 aliphatic carbocycles. The third-order valence-corrected chi connectivity index (χ3v) is 29.1. The average Bonchev–Trinajstić information content (AvgIpc) is 1.66. The van der Waals surface area contributed by atoms with Crippen LogP contribution in [0, 0.1) is 17.8 Å². The number of halogens is 3. The quantitative estimate of drug-likeness (QED) is 0.0177. The predicted molar refractivity (Wildman–Crippen MR) is 548 cm³/mol. The number of benzene rings is 9. The lowest BCUT2D eigenvalue weighted by Crippen LogP contribution is -2.48. The number of aromatic nitrogens is 16. The Morgan fingerprint density at radius 2 is 0.633 bits per heavy atom. The number of hydrogen-bond donors (Lipinski definition) is 8. The van der Waals surface area contributed by atoms with Gasteiger partial charge in [0.1, 0.15) is 108 Å². The summed E-state index contributed by atoms with van der Waals surface area (Å²) in [4.78, 5) is 53.0. The summed E-state index contributed by atoms with van der Waals surface area (Å²) in [5.41, 5.74) is 16.7. The molecule has 0 unspecified atom stereocenters. The Hall–Kier alpha value is -14.7. The maximum Gasteiger partial charge on any atom is 0.171 e. The van der Waals surface area contributed by atoms with Gasteiger partial charge >= 0.3 is 0 Å². The zero-order valence-electron chi connectivity index (χ0n) is 82.6. The molecule has 4 fully saturated rings. The first-order valence-electron chi connectivity index (χ1n) is 48.9. The molecule has 16 atom stereocenters. The van der Waals surface area contributed by atoms with Crippen LogP contribution in [0.4, 0.5) is 36.4 Å². The Kier molecular flexibility index (Phi) is 31.1. The zero-order chi connectivity index (χ0) is 103. The van der Waals surface area contributed by atoms with E-state index in [4.69, 9.17) is 84.1 Å². The third kappa shape index (κ3) is 19.3. The fourth-order valence-corrected chi connectivity index (χ4v) is 20.7. The molecule has 8 aromatic heterocycles. The first-order valence-corrected chi connectivity index (χ1v) is 48.9. The summed E-state index contributed by atoms with van der Waals surface area (Å²) in [6.07, 6.45) is 7.36. The summed E-state index contributed by atoms with van der Waals surface area (Å²) in [7, 11) is 3.32. The van der Waals surface area contributed by atoms with Gasteiger partial charge in [0.2, 0.25) is 0 Å². The normalized spacial score (nSPS) is 23.8. The van der Waals surface area contributed by atoms with Gasteiger partial charge in [0.25, 0.3) is 0 Å². The van der Waals surface area contributed by atoms with Crippen LogP contribution in [0.25, 0.3) is 44.7 Å². The van der Waals surface area contributed by atoms with Crippen molar-refractivity contribution in [1.82, 2.24) is 78.1 Å². The predicted octanol–water partition coefficient (Wildman–Crippen LogP) is 16.9. The summed E-state index contributed by atoms with van der Waals surface area (Å²) in [5.74, 6) is 2.49. The van der Waals surface area contributed by atoms with Gasteiger partial charge < -0.3 is 85.2 Å². The largest absolute Gasteiger partial charge is 0.497 e. The second-order valence-electron chi connectivity index (χ2n) is 37.0. The lowest BCUT2D eigenvalue weighted by molar-refractivity contribution is -0.163. The van der Waals surface area contributed by atoms with Crippen molar-refractivity contribution < 1.29 is 76.2 Å². The minimum Gasteiger partial charge on any atom is -0.497 e. The molecule has 12 heterocycles. The van der Waals surface area contributed by atoms with Crippen molar-refractivity contribution in [2.45, 2.75) is 170 Å². The number of aliphatic hydroxyl groups is 4. The summed E-state index contributed by atoms with van der Waals surface area (Å²) >= 11 is 0. The molecule has 10 N–H and O–H groups in total. The van der Waals surface area contributed by atoms with Crippen LogP contribution >= 0.6 is 0 Å². The van der Waals surface area contributed by atoms with Gasteiger partial charge in [-0.2, -0.15) is 0 Å². The molecule has 762 valence electrons. The minimum absolute atomic E-state index is 0.105. The van der Waals surface area contributed by atoms with E-state index in [9.17, 15) is 24.1 Å². The molecule has 4 aliphatic heterocycles. The van der Waals surface area contributed by atoms with Gasteiger partial charge in [-0.15, -0.1) is 0 Å². The van der Waals surface area contributed by atoms with Crippen LogP contribution in [0.5, 0.6) is 11.5 Å². The van der Waals surface area contributed by atoms with Crippen LogP contribution in [0.15, 0.2) is 311 Å². The molecular weight excluding hydrogens is 1880 g/mol. The number of nitrogen functional groups attached to an aromatic ring is 2. The van der Waals surface area contributed by atoms with Gasteiger partial charge in [0, 0.05) is 17.8 Å². The maximum atomic E-state index is 15.5. The molecule has 4 saturated heterocycles. The molecule has 0 amide bonds. The van der Waals surface area contributed by atoms with Crippen molar-refractivity contribution in [1.29, 1.82) is 0 Å². The van der Waals surface area contributed by atoms with Gasteiger partial charge in [0.15, 0.2) is 87.4 Å². The topological polar surface area (TPSA) is 414 Å². The van der Waals surface area contributed by atoms with E-state index in [1.807, 2.05) is 220 Å². The smallest absolute Gasteiger partial charge is 0.171 e. The van der Waals surface area contributed by atoms with E-state index in [0.29, 0.717) is 58.2 Å². The molecule has 0 bridgehead atoms. The second-order valence-corrected chi connectivity index (χ2v) is 37.0. The number of imidazole rings is 4. The van der Waals surface area contributed by atoms with Gasteiger partial charge in [-0.3, -0.25) is 18.3 Å². The SMILES string of the molecule is CC[C@H]1O[C@@H](n2cnc3c(N)ncnc32)[C@](CF)(OCc2ccccc2)[C@@H]1C.CC[C@H]1O[C@@H](n2cnc3c(NC(c4ccccc4)(c4ccccc4)c4ccc(OC)cc4)ncnc32)[C@](CF)(OCc2ccccc2)[C@@H]1C.CC[C@H]1O[C@@H](n2cnc3c(NC(c4ccccc4)(c4ccccc4)c4ccc(OC)cc4)ncnc32)[C@](CO)(OCc2ccccc2)[C@@H]1C.Nc1ncnc2c1ncn2[C@@H]1O[C@H](CO)[C@@H](O)[C@]1(O)CF. The first-order chi connectivity index (χ1) is 71.7. The van der Waals surface area contributed by atoms with Crippen molar-refractivity contribution in [3.05, 3.63) is 362 Å². The fourth-order valence-electron chi connectivity index (χ4n) is 20.7. The standard InChI is InChI=1S/C40H40FN5O3.C40H41N5O4.C20H24FN5O2.C11H14FN5O4/c1-4-34-28(2)39(25-41,48-24-29-14-8-5-9-15-29)38(49-34)46-27-44-35-36(42-26-43-37(35)46)45-40(30-16-10-6-11-17-30,31-18-12-7-13-19-31)32-20-22-33(47-3)23-21-32;1-4-34-28(2)39(25-46,48-24-29-14-8-5-9-15-29)38(49-34)45-27-43-35-36(41-26-42-37(35)45)44-40(30-16-10-6-11-17-30,31-18-12-7-13-19-31)32-20-22-33(47-3)23-21-32;1-3-15-13(2)20(10-21,27-9-14-7-5-4-6-8-14)19(28-15)26-12-25-16-17(22)23-11-24-18(16)26;12-2-11(20)7(19)5(1-18)21-10(11)17-4-16-6-8(13)14-3-15-9(6)17/h5-23,26-28,34,38H,4,24-25H2,1-3H3,(H,42,43,45);5-23,26-28,34,38,46H,4,24-25H2,1-3H3,(H,41,42,44);4-8,11-13,15,19H,3,9-10H2,1-2H3,(H2,22,23,24);3-5,7,10,18-20H,1-2H2,(H2,13,14,15)/t2*28-,34-,38-,39-;13-,15-,19-,20-;5-,7-,10-,11-/m1111/s1. The Labute approximate surface area is 847 Å². The molecule has 9 aromatic carbocycles. The van der Waals surface area contributed by atoms with E-state index in [-0.39, 0.29) is 78.7 Å². The molecule has 147 heavy (non-hydrogen) atoms. The number of ether oxygens (including phenoxy) is 9. The molecule has 36 heteroatoms. The zero-order valence-corrected chi connectivity index (χ0v) is 82.6. The highest BCUT2D eigenvalue weighted by atomic mass is 19.1. The Bertz CT molecular complexity index is 6810. The monoisotopic (exact) mass is 2000 g/mol. The van der Waals surface area contributed by atoms with E-state index in [2.05, 4.69) is 132 Å². The number of alkyl halides is 3. The molecule has 21 rings (SSSR count). The summed E-state index contributed by atoms with van der Waals surface area (Å²) < 4.78 is 105. The average molecular weight is 2000 g/mol. The summed E-state index contributed by atoms with van der Waals surface area (Å²) in [6, 6.07) is 86.7. The molecular formula is C111H119F3N20O13. The molecule has 0 saturated carbocycles. The number of hydrogen-bond acceptors (Lipinski definition) is 29. The van der Waals surface area contributed by atoms with Crippen LogP contribution in [-0.4, -0.2) is 199 Å². The second kappa shape index (κ2) is 44.7. The van der Waals surface area contributed by atoms with Gasteiger partial charge in [-0.05, 0) is 93.6 Å². The van der Waals surface area contributed by atoms with E-state index >= 15 is 4.39 Å². The highest BCUT2D eigenvalue weighted by Gasteiger charge is 2.61. The lowest BCUT2D eigenvalue weighted by Gasteiger charge is -2.37. The number of aliphatic hydroxyl groups excluding tert-OH is 3. The molecule has 17 aromatic rings. The van der Waals surface area contributed by atoms with Gasteiger partial charge in [-0.25, -0.2) is 73.0 Å².